The molecule has 0 aliphatic carbocycles. The Bertz CT molecular complexity index is 451. The number of nitrogens with zero attached hydrogens (tertiary/aromatic N) is 2. The Labute approximate surface area is 107 Å². The molecule has 1 fully saturated rings. The summed E-state index contributed by atoms with van der Waals surface area (Å²) < 4.78 is 0. The average Bonchev–Trinajstić information content (AvgIpc) is 2.59. The van der Waals surface area contributed by atoms with E-state index in [1.807, 2.05) is 26.2 Å². The molecule has 0 aromatic heterocycles. The number of hydrogen-bond donors (Lipinski definition) is 0. The fourth-order valence-corrected chi connectivity index (χ4v) is 2.12. The van der Waals surface area contributed by atoms with E-state index in [2.05, 4.69) is 17.0 Å². The summed E-state index contributed by atoms with van der Waals surface area (Å²) >= 11 is 0. The largest absolute Gasteiger partial charge is 0.331 e. The molecule has 0 atom stereocenters. The number of hydrogen-bond acceptors (Lipinski definition) is 3. The van der Waals surface area contributed by atoms with Crippen LogP contribution in [0.15, 0.2) is 24.3 Å². The van der Waals surface area contributed by atoms with Crippen molar-refractivity contribution < 1.29 is 9.59 Å². The molecule has 1 aromatic rings. The van der Waals surface area contributed by atoms with Gasteiger partial charge in [0.25, 0.3) is 0 Å². The molecule has 1 saturated heterocycles. The molecular weight excluding hydrogens is 228 g/mol. The van der Waals surface area contributed by atoms with Crippen LogP contribution < -0.4 is 0 Å². The summed E-state index contributed by atoms with van der Waals surface area (Å²) in [6.45, 7) is 1.70. The first-order valence-electron chi connectivity index (χ1n) is 6.06. The lowest BCUT2D eigenvalue weighted by Crippen LogP contribution is -2.24. The second-order valence-electron chi connectivity index (χ2n) is 5.02. The van der Waals surface area contributed by atoms with Gasteiger partial charge in [0.15, 0.2) is 5.78 Å². The second kappa shape index (κ2) is 5.31. The monoisotopic (exact) mass is 246 g/mol. The molecule has 96 valence electrons. The highest BCUT2D eigenvalue weighted by molar-refractivity contribution is 6.05. The maximum atomic E-state index is 11.5. The minimum absolute atomic E-state index is 0.0178. The average molecular weight is 246 g/mol. The van der Waals surface area contributed by atoms with Crippen LogP contribution in [0.2, 0.25) is 0 Å². The summed E-state index contributed by atoms with van der Waals surface area (Å²) in [5.41, 5.74) is 2.31. The van der Waals surface area contributed by atoms with Crippen LogP contribution >= 0.6 is 0 Å². The Hall–Kier alpha value is -1.68. The molecule has 0 bridgehead atoms. The van der Waals surface area contributed by atoms with E-state index < -0.39 is 0 Å². The van der Waals surface area contributed by atoms with E-state index >= 15 is 0 Å². The predicted octanol–water partition coefficient (Wildman–Crippen LogP) is 1.05. The maximum absolute atomic E-state index is 11.5. The number of carbonyl (C=O) groups is 2. The molecular formula is C14H18N2O2. The first-order chi connectivity index (χ1) is 8.54. The number of amides is 1. The zero-order valence-electron chi connectivity index (χ0n) is 10.8. The van der Waals surface area contributed by atoms with Gasteiger partial charge < -0.3 is 9.80 Å². The molecule has 0 radical (unpaired) electrons. The maximum Gasteiger partial charge on any atom is 0.230 e. The Morgan fingerprint density at radius 2 is 1.72 bits per heavy atom. The van der Waals surface area contributed by atoms with Gasteiger partial charge in [-0.3, -0.25) is 9.59 Å². The Morgan fingerprint density at radius 1 is 1.11 bits per heavy atom. The van der Waals surface area contributed by atoms with Crippen molar-refractivity contribution in [2.45, 2.75) is 19.5 Å². The van der Waals surface area contributed by atoms with E-state index in [1.165, 1.54) is 5.56 Å². The summed E-state index contributed by atoms with van der Waals surface area (Å²) in [5.74, 6) is -0.0402. The van der Waals surface area contributed by atoms with Crippen molar-refractivity contribution in [3.8, 4) is 0 Å². The third-order valence-corrected chi connectivity index (χ3v) is 2.96. The molecule has 1 amide bonds. The lowest BCUT2D eigenvalue weighted by atomic mass is 10.1. The lowest BCUT2D eigenvalue weighted by molar-refractivity contribution is -0.128. The summed E-state index contributed by atoms with van der Waals surface area (Å²) in [7, 11) is 4.06. The minimum Gasteiger partial charge on any atom is -0.331 e. The van der Waals surface area contributed by atoms with Gasteiger partial charge >= 0.3 is 0 Å². The van der Waals surface area contributed by atoms with E-state index in [-0.39, 0.29) is 24.7 Å². The van der Waals surface area contributed by atoms with Crippen molar-refractivity contribution in [1.82, 2.24) is 9.80 Å². The highest BCUT2D eigenvalue weighted by Gasteiger charge is 2.26. The van der Waals surface area contributed by atoms with Crippen molar-refractivity contribution in [3.05, 3.63) is 35.4 Å². The quantitative estimate of drug-likeness (QED) is 0.746. The van der Waals surface area contributed by atoms with Crippen molar-refractivity contribution in [3.63, 3.8) is 0 Å². The van der Waals surface area contributed by atoms with E-state index in [1.54, 1.807) is 4.90 Å². The predicted molar refractivity (Wildman–Crippen MR) is 68.9 cm³/mol. The summed E-state index contributed by atoms with van der Waals surface area (Å²) in [5, 5.41) is 0. The standard InChI is InChI=1S/C14H18N2O2/c1-15(2)8-11-3-5-12(6-4-11)9-16-10-13(17)7-14(16)18/h3-6H,7-10H2,1-2H3. The van der Waals surface area contributed by atoms with Crippen LogP contribution in [0.25, 0.3) is 0 Å². The Morgan fingerprint density at radius 3 is 2.22 bits per heavy atom. The van der Waals surface area contributed by atoms with Crippen molar-refractivity contribution in [1.29, 1.82) is 0 Å². The number of rotatable bonds is 4. The van der Waals surface area contributed by atoms with E-state index in [0.717, 1.165) is 12.1 Å². The van der Waals surface area contributed by atoms with E-state index in [0.29, 0.717) is 6.54 Å². The molecule has 1 aliphatic heterocycles. The molecule has 18 heavy (non-hydrogen) atoms. The van der Waals surface area contributed by atoms with Gasteiger partial charge in [0.05, 0.1) is 13.0 Å². The van der Waals surface area contributed by atoms with Crippen LogP contribution in [-0.4, -0.2) is 42.1 Å². The van der Waals surface area contributed by atoms with Gasteiger partial charge in [-0.15, -0.1) is 0 Å². The van der Waals surface area contributed by atoms with Gasteiger partial charge in [-0.1, -0.05) is 24.3 Å². The summed E-state index contributed by atoms with van der Waals surface area (Å²) in [6, 6.07) is 8.18. The van der Waals surface area contributed by atoms with Crippen LogP contribution in [0, 0.1) is 0 Å². The van der Waals surface area contributed by atoms with Crippen molar-refractivity contribution in [2.24, 2.45) is 0 Å². The van der Waals surface area contributed by atoms with Gasteiger partial charge in [-0.2, -0.15) is 0 Å². The van der Waals surface area contributed by atoms with Crippen LogP contribution in [0.3, 0.4) is 0 Å². The fourth-order valence-electron chi connectivity index (χ4n) is 2.12. The van der Waals surface area contributed by atoms with E-state index in [4.69, 9.17) is 0 Å². The zero-order chi connectivity index (χ0) is 13.1. The molecule has 1 aromatic carbocycles. The number of carbonyl (C=O) groups excluding carboxylic acids is 2. The minimum atomic E-state index is -0.0580. The van der Waals surface area contributed by atoms with Crippen LogP contribution in [-0.2, 0) is 22.7 Å². The topological polar surface area (TPSA) is 40.6 Å². The second-order valence-corrected chi connectivity index (χ2v) is 5.02. The van der Waals surface area contributed by atoms with Gasteiger partial charge in [0.1, 0.15) is 0 Å². The van der Waals surface area contributed by atoms with Gasteiger partial charge in [0.2, 0.25) is 5.91 Å². The molecule has 0 spiro atoms. The molecule has 1 heterocycles. The summed E-state index contributed by atoms with van der Waals surface area (Å²) in [6.07, 6.45) is 0.0682. The molecule has 0 N–H and O–H groups in total. The zero-order valence-corrected chi connectivity index (χ0v) is 10.8. The molecule has 0 unspecified atom stereocenters. The highest BCUT2D eigenvalue weighted by Crippen LogP contribution is 2.13. The van der Waals surface area contributed by atoms with Gasteiger partial charge in [-0.05, 0) is 25.2 Å². The van der Waals surface area contributed by atoms with E-state index in [9.17, 15) is 9.59 Å². The Kier molecular flexibility index (Phi) is 3.77. The van der Waals surface area contributed by atoms with Crippen molar-refractivity contribution >= 4 is 11.7 Å². The van der Waals surface area contributed by atoms with Crippen molar-refractivity contribution in [2.75, 3.05) is 20.6 Å². The normalized spacial score (nSPS) is 15.8. The van der Waals surface area contributed by atoms with Gasteiger partial charge in [-0.25, -0.2) is 0 Å². The van der Waals surface area contributed by atoms with Crippen LogP contribution in [0.4, 0.5) is 0 Å². The summed E-state index contributed by atoms with van der Waals surface area (Å²) in [4.78, 5) is 26.4. The number of likely N-dealkylation sites (tertiary alicyclic amines) is 1. The molecule has 0 saturated carbocycles. The molecule has 1 aliphatic rings. The smallest absolute Gasteiger partial charge is 0.230 e. The van der Waals surface area contributed by atoms with Crippen LogP contribution in [0.1, 0.15) is 17.5 Å². The first kappa shape index (κ1) is 12.8. The fraction of sp³-hybridized carbons (Fsp3) is 0.429. The molecule has 4 nitrogen and oxygen atoms in total. The lowest BCUT2D eigenvalue weighted by Gasteiger charge is -2.15. The Balaban J connectivity index is 1.98. The molecule has 2 rings (SSSR count). The number of Topliss-reactive ketones (excluding diaryl/α,β-unsaturated/α-hetero) is 1. The highest BCUT2D eigenvalue weighted by atomic mass is 16.2. The first-order valence-corrected chi connectivity index (χ1v) is 6.06. The molecule has 4 heteroatoms. The SMILES string of the molecule is CN(C)Cc1ccc(CN2CC(=O)CC2=O)cc1. The third kappa shape index (κ3) is 3.17. The van der Waals surface area contributed by atoms with Crippen LogP contribution in [0.5, 0.6) is 0 Å². The third-order valence-electron chi connectivity index (χ3n) is 2.96. The number of benzene rings is 1. The van der Waals surface area contributed by atoms with Gasteiger partial charge in [0, 0.05) is 13.1 Å². The number of ketones is 1.